The van der Waals surface area contributed by atoms with E-state index in [1.54, 1.807) is 20.9 Å². The number of nitrogens with zero attached hydrogens (tertiary/aromatic N) is 2. The van der Waals surface area contributed by atoms with Gasteiger partial charge in [0.1, 0.15) is 4.90 Å². The minimum Gasteiger partial charge on any atom is -0.394 e. The summed E-state index contributed by atoms with van der Waals surface area (Å²) in [6.07, 6.45) is 0.235. The van der Waals surface area contributed by atoms with Gasteiger partial charge in [0, 0.05) is 7.05 Å². The second-order valence-corrected chi connectivity index (χ2v) is 6.10. The third-order valence-corrected chi connectivity index (χ3v) is 4.95. The number of hydrogen-bond donors (Lipinski definition) is 4. The summed E-state index contributed by atoms with van der Waals surface area (Å²) in [6.45, 7) is 2.20. The zero-order valence-electron chi connectivity index (χ0n) is 11.2. The van der Waals surface area contributed by atoms with E-state index in [1.165, 1.54) is 4.68 Å². The summed E-state index contributed by atoms with van der Waals surface area (Å²) in [4.78, 5) is -0.130. The van der Waals surface area contributed by atoms with Gasteiger partial charge in [-0.15, -0.1) is 0 Å². The van der Waals surface area contributed by atoms with Crippen molar-refractivity contribution in [1.82, 2.24) is 14.5 Å². The molecule has 9 heteroatoms. The molecule has 0 spiro atoms. The van der Waals surface area contributed by atoms with Crippen LogP contribution in [-0.4, -0.2) is 47.2 Å². The fraction of sp³-hybridized carbons (Fsp3) is 0.700. The molecule has 0 atom stereocenters. The van der Waals surface area contributed by atoms with Crippen LogP contribution in [0.3, 0.4) is 0 Å². The second-order valence-electron chi connectivity index (χ2n) is 4.48. The molecule has 0 fully saturated rings. The number of rotatable bonds is 6. The van der Waals surface area contributed by atoms with Gasteiger partial charge in [0.15, 0.2) is 5.82 Å². The third kappa shape index (κ3) is 2.89. The van der Waals surface area contributed by atoms with E-state index in [2.05, 4.69) is 9.82 Å². The Morgan fingerprint density at radius 2 is 1.95 bits per heavy atom. The molecule has 0 aliphatic carbocycles. The summed E-state index contributed by atoms with van der Waals surface area (Å²) < 4.78 is 28.3. The monoisotopic (exact) mass is 292 g/mol. The van der Waals surface area contributed by atoms with E-state index in [0.29, 0.717) is 5.69 Å². The number of aromatic nitrogens is 2. The van der Waals surface area contributed by atoms with Crippen LogP contribution < -0.4 is 10.5 Å². The number of nitrogen functional groups attached to an aromatic ring is 1. The number of nitrogens with two attached hydrogens (primary N) is 1. The second kappa shape index (κ2) is 5.45. The Hall–Kier alpha value is -1.16. The number of nitrogens with one attached hydrogen (secondary N) is 1. The first-order chi connectivity index (χ1) is 8.73. The number of aliphatic hydroxyl groups excluding tert-OH is 2. The zero-order chi connectivity index (χ0) is 14.8. The Kier molecular flexibility index (Phi) is 4.56. The van der Waals surface area contributed by atoms with Crippen LogP contribution in [0, 0.1) is 6.92 Å². The molecule has 1 aromatic rings. The molecule has 0 saturated heterocycles. The first-order valence-corrected chi connectivity index (χ1v) is 7.26. The predicted octanol–water partition coefficient (Wildman–Crippen LogP) is -1.28. The molecule has 0 radical (unpaired) electrons. The lowest BCUT2D eigenvalue weighted by atomic mass is 10.0. The van der Waals surface area contributed by atoms with Crippen molar-refractivity contribution in [3.05, 3.63) is 5.69 Å². The number of hydrogen-bond acceptors (Lipinski definition) is 6. The SMILES string of the molecule is CCC(CO)(CO)NS(=O)(=O)c1c(N)nn(C)c1C. The van der Waals surface area contributed by atoms with Crippen LogP contribution in [0.25, 0.3) is 0 Å². The van der Waals surface area contributed by atoms with Crippen LogP contribution >= 0.6 is 0 Å². The number of aryl methyl sites for hydroxylation is 1. The molecule has 0 unspecified atom stereocenters. The van der Waals surface area contributed by atoms with Crippen molar-refractivity contribution in [2.24, 2.45) is 7.05 Å². The first-order valence-electron chi connectivity index (χ1n) is 5.77. The van der Waals surface area contributed by atoms with Crippen LogP contribution in [0.5, 0.6) is 0 Å². The summed E-state index contributed by atoms with van der Waals surface area (Å²) in [5, 5.41) is 22.4. The summed E-state index contributed by atoms with van der Waals surface area (Å²) in [5.74, 6) is -0.117. The number of anilines is 1. The Bertz CT molecular complexity index is 540. The highest BCUT2D eigenvalue weighted by molar-refractivity contribution is 7.89. The van der Waals surface area contributed by atoms with Crippen molar-refractivity contribution in [1.29, 1.82) is 0 Å². The van der Waals surface area contributed by atoms with Gasteiger partial charge >= 0.3 is 0 Å². The molecule has 0 aliphatic heterocycles. The molecular formula is C10H20N4O4S. The minimum absolute atomic E-state index is 0.117. The van der Waals surface area contributed by atoms with Crippen molar-refractivity contribution < 1.29 is 18.6 Å². The van der Waals surface area contributed by atoms with Crippen molar-refractivity contribution in [2.75, 3.05) is 18.9 Å². The van der Waals surface area contributed by atoms with Crippen molar-refractivity contribution in [3.8, 4) is 0 Å². The smallest absolute Gasteiger partial charge is 0.246 e. The van der Waals surface area contributed by atoms with E-state index >= 15 is 0 Å². The summed E-state index contributed by atoms with van der Waals surface area (Å²) in [6, 6.07) is 0. The van der Waals surface area contributed by atoms with E-state index in [-0.39, 0.29) is 17.1 Å². The highest BCUT2D eigenvalue weighted by atomic mass is 32.2. The highest BCUT2D eigenvalue weighted by Gasteiger charge is 2.35. The molecule has 1 rings (SSSR count). The van der Waals surface area contributed by atoms with E-state index in [4.69, 9.17) is 5.73 Å². The van der Waals surface area contributed by atoms with E-state index in [0.717, 1.165) is 0 Å². The maximum absolute atomic E-state index is 12.3. The molecule has 0 saturated carbocycles. The lowest BCUT2D eigenvalue weighted by molar-refractivity contribution is 0.105. The van der Waals surface area contributed by atoms with Gasteiger partial charge in [-0.1, -0.05) is 6.92 Å². The van der Waals surface area contributed by atoms with Crippen molar-refractivity contribution in [3.63, 3.8) is 0 Å². The fourth-order valence-electron chi connectivity index (χ4n) is 1.69. The predicted molar refractivity (Wildman–Crippen MR) is 69.9 cm³/mol. The zero-order valence-corrected chi connectivity index (χ0v) is 12.0. The maximum Gasteiger partial charge on any atom is 0.246 e. The van der Waals surface area contributed by atoms with Gasteiger partial charge in [-0.3, -0.25) is 4.68 Å². The average molecular weight is 292 g/mol. The average Bonchev–Trinajstić information content (AvgIpc) is 2.61. The lowest BCUT2D eigenvalue weighted by Gasteiger charge is -2.29. The standard InChI is InChI=1S/C10H20N4O4S/c1-4-10(5-15,6-16)13-19(17,18)8-7(2)14(3)12-9(8)11/h13,15-16H,4-6H2,1-3H3,(H2,11,12). The summed E-state index contributed by atoms with van der Waals surface area (Å²) >= 11 is 0. The Morgan fingerprint density at radius 1 is 1.42 bits per heavy atom. The van der Waals surface area contributed by atoms with Crippen LogP contribution in [0.2, 0.25) is 0 Å². The lowest BCUT2D eigenvalue weighted by Crippen LogP contribution is -2.53. The largest absolute Gasteiger partial charge is 0.394 e. The van der Waals surface area contributed by atoms with Gasteiger partial charge in [0.25, 0.3) is 0 Å². The van der Waals surface area contributed by atoms with Gasteiger partial charge in [0.05, 0.1) is 24.4 Å². The van der Waals surface area contributed by atoms with Gasteiger partial charge < -0.3 is 15.9 Å². The number of aliphatic hydroxyl groups is 2. The Balaban J connectivity index is 3.25. The minimum atomic E-state index is -3.97. The quantitative estimate of drug-likeness (QED) is 0.517. The topological polar surface area (TPSA) is 130 Å². The third-order valence-electron chi connectivity index (χ3n) is 3.21. The van der Waals surface area contributed by atoms with Gasteiger partial charge in [-0.25, -0.2) is 13.1 Å². The van der Waals surface area contributed by atoms with Crippen LogP contribution in [0.15, 0.2) is 4.90 Å². The maximum atomic E-state index is 12.3. The molecular weight excluding hydrogens is 272 g/mol. The van der Waals surface area contributed by atoms with Crippen molar-refractivity contribution in [2.45, 2.75) is 30.7 Å². The normalized spacial score (nSPS) is 12.9. The molecule has 0 aliphatic rings. The first kappa shape index (κ1) is 15.9. The molecule has 19 heavy (non-hydrogen) atoms. The highest BCUT2D eigenvalue weighted by Crippen LogP contribution is 2.23. The van der Waals surface area contributed by atoms with Crippen molar-refractivity contribution >= 4 is 15.8 Å². The number of sulfonamides is 1. The van der Waals surface area contributed by atoms with E-state index in [1.807, 2.05) is 0 Å². The molecule has 110 valence electrons. The molecule has 0 amide bonds. The van der Waals surface area contributed by atoms with Gasteiger partial charge in [-0.05, 0) is 13.3 Å². The molecule has 0 aromatic carbocycles. The summed E-state index contributed by atoms with van der Waals surface area (Å²) in [7, 11) is -2.39. The van der Waals surface area contributed by atoms with Crippen LogP contribution in [0.1, 0.15) is 19.0 Å². The van der Waals surface area contributed by atoms with E-state index in [9.17, 15) is 18.6 Å². The van der Waals surface area contributed by atoms with Gasteiger partial charge in [0.2, 0.25) is 10.0 Å². The molecule has 0 bridgehead atoms. The van der Waals surface area contributed by atoms with E-state index < -0.39 is 28.8 Å². The molecule has 8 nitrogen and oxygen atoms in total. The Labute approximate surface area is 112 Å². The fourth-order valence-corrected chi connectivity index (χ4v) is 3.48. The molecule has 1 aromatic heterocycles. The Morgan fingerprint density at radius 3 is 2.26 bits per heavy atom. The van der Waals surface area contributed by atoms with Gasteiger partial charge in [-0.2, -0.15) is 5.10 Å². The summed E-state index contributed by atoms with van der Waals surface area (Å²) in [5.41, 5.74) is 4.66. The van der Waals surface area contributed by atoms with Crippen LogP contribution in [-0.2, 0) is 17.1 Å². The molecule has 5 N–H and O–H groups in total. The van der Waals surface area contributed by atoms with Crippen LogP contribution in [0.4, 0.5) is 5.82 Å². The molecule has 1 heterocycles.